The van der Waals surface area contributed by atoms with Gasteiger partial charge in [0.1, 0.15) is 28.8 Å². The number of carbonyl (C=O) groups is 1. The monoisotopic (exact) mass is 511 g/mol. The van der Waals surface area contributed by atoms with Crippen LogP contribution in [0.2, 0.25) is 5.02 Å². The number of hydrogen-bond donors (Lipinski definition) is 2. The van der Waals surface area contributed by atoms with Gasteiger partial charge in [-0.25, -0.2) is 19.9 Å². The summed E-state index contributed by atoms with van der Waals surface area (Å²) >= 11 is 6.06. The van der Waals surface area contributed by atoms with E-state index in [4.69, 9.17) is 22.1 Å². The lowest BCUT2D eigenvalue weighted by Gasteiger charge is -2.23. The van der Waals surface area contributed by atoms with Crippen molar-refractivity contribution in [2.75, 3.05) is 11.1 Å². The number of halogens is 1. The molecule has 0 saturated carbocycles. The molecule has 37 heavy (non-hydrogen) atoms. The van der Waals surface area contributed by atoms with Crippen molar-refractivity contribution < 1.29 is 9.53 Å². The molecule has 3 aromatic heterocycles. The van der Waals surface area contributed by atoms with Crippen LogP contribution in [0.3, 0.4) is 0 Å². The quantitative estimate of drug-likeness (QED) is 0.347. The number of anilines is 2. The van der Waals surface area contributed by atoms with Crippen molar-refractivity contribution in [1.29, 1.82) is 0 Å². The molecule has 5 aromatic rings. The van der Waals surface area contributed by atoms with E-state index in [1.54, 1.807) is 54.2 Å². The van der Waals surface area contributed by atoms with Crippen LogP contribution in [0.1, 0.15) is 36.6 Å². The molecule has 184 valence electrons. The number of carbonyl (C=O) groups excluding carboxylic acids is 1. The summed E-state index contributed by atoms with van der Waals surface area (Å²) in [6, 6.07) is 16.9. The van der Waals surface area contributed by atoms with Crippen LogP contribution in [0.15, 0.2) is 73.2 Å². The summed E-state index contributed by atoms with van der Waals surface area (Å²) in [4.78, 5) is 31.4. The number of nitrogens with one attached hydrogen (secondary N) is 1. The van der Waals surface area contributed by atoms with Crippen LogP contribution >= 0.6 is 11.6 Å². The predicted octanol–water partition coefficient (Wildman–Crippen LogP) is 4.82. The molecule has 1 aliphatic rings. The Balaban J connectivity index is 1.43. The minimum absolute atomic E-state index is 0.184. The van der Waals surface area contributed by atoms with E-state index in [0.717, 1.165) is 11.1 Å². The van der Waals surface area contributed by atoms with Gasteiger partial charge in [-0.05, 0) is 37.1 Å². The number of nitrogens with zero attached hydrogens (tertiary/aromatic N) is 5. The number of aromatic nitrogens is 5. The molecule has 9 nitrogen and oxygen atoms in total. The molecule has 10 heteroatoms. The molecule has 0 saturated heterocycles. The van der Waals surface area contributed by atoms with Gasteiger partial charge in [0, 0.05) is 23.6 Å². The second-order valence-corrected chi connectivity index (χ2v) is 9.44. The second-order valence-electron chi connectivity index (χ2n) is 9.00. The number of amides is 1. The molecular formula is C27H22ClN7O2. The van der Waals surface area contributed by atoms with Crippen molar-refractivity contribution >= 4 is 34.8 Å². The van der Waals surface area contributed by atoms with Crippen molar-refractivity contribution in [3.05, 3.63) is 94.9 Å². The first-order chi connectivity index (χ1) is 17.8. The van der Waals surface area contributed by atoms with Crippen LogP contribution in [0.4, 0.5) is 11.6 Å². The highest BCUT2D eigenvalue weighted by molar-refractivity contribution is 6.30. The highest BCUT2D eigenvalue weighted by Gasteiger charge is 2.47. The molecule has 0 spiro atoms. The lowest BCUT2D eigenvalue weighted by molar-refractivity contribution is -0.119. The van der Waals surface area contributed by atoms with Gasteiger partial charge in [-0.1, -0.05) is 54.1 Å². The smallest absolute Gasteiger partial charge is 0.259 e. The Morgan fingerprint density at radius 1 is 1.08 bits per heavy atom. The van der Waals surface area contributed by atoms with E-state index in [2.05, 4.69) is 25.3 Å². The van der Waals surface area contributed by atoms with Crippen LogP contribution in [-0.2, 0) is 10.2 Å². The summed E-state index contributed by atoms with van der Waals surface area (Å²) in [5, 5.41) is 3.45. The van der Waals surface area contributed by atoms with Crippen molar-refractivity contribution in [3.8, 4) is 17.4 Å². The van der Waals surface area contributed by atoms with E-state index in [1.807, 2.05) is 37.3 Å². The fourth-order valence-corrected chi connectivity index (χ4v) is 4.76. The SMILES string of the molecule is CC(Oc1nc(-c2nc(N)c3c(n2)NC(=O)C3(C)c2ccc(Cl)cc2)cn2ccnc12)c1ccccc1. The van der Waals surface area contributed by atoms with Crippen LogP contribution in [0.5, 0.6) is 5.88 Å². The Bertz CT molecular complexity index is 1650. The molecule has 1 aliphatic heterocycles. The van der Waals surface area contributed by atoms with E-state index in [-0.39, 0.29) is 23.7 Å². The number of nitrogens with two attached hydrogens (primary N) is 1. The molecule has 3 N–H and O–H groups in total. The van der Waals surface area contributed by atoms with Gasteiger partial charge in [-0.15, -0.1) is 0 Å². The maximum Gasteiger partial charge on any atom is 0.259 e. The molecule has 2 aromatic carbocycles. The highest BCUT2D eigenvalue weighted by Crippen LogP contribution is 2.45. The van der Waals surface area contributed by atoms with Gasteiger partial charge in [-0.3, -0.25) is 4.79 Å². The van der Waals surface area contributed by atoms with Crippen LogP contribution < -0.4 is 15.8 Å². The number of ether oxygens (including phenoxy) is 1. The Morgan fingerprint density at radius 2 is 1.84 bits per heavy atom. The van der Waals surface area contributed by atoms with Gasteiger partial charge in [0.25, 0.3) is 5.88 Å². The standard InChI is InChI=1S/C27H22ClN7O2/c1-15(16-6-4-3-5-7-16)37-25-24-30-12-13-35(24)14-19(31-25)22-32-21(29)20-23(33-22)34-26(36)27(20,2)17-8-10-18(28)11-9-17/h3-15H,1-2H3,(H3,29,32,33,34,36). The zero-order chi connectivity index (χ0) is 25.7. The van der Waals surface area contributed by atoms with E-state index in [1.165, 1.54) is 0 Å². The first-order valence-electron chi connectivity index (χ1n) is 11.7. The van der Waals surface area contributed by atoms with Gasteiger partial charge >= 0.3 is 0 Å². The fourth-order valence-electron chi connectivity index (χ4n) is 4.63. The van der Waals surface area contributed by atoms with Gasteiger partial charge < -0.3 is 20.2 Å². The predicted molar refractivity (Wildman–Crippen MR) is 140 cm³/mol. The molecule has 4 heterocycles. The lowest BCUT2D eigenvalue weighted by Crippen LogP contribution is -2.32. The Kier molecular flexibility index (Phi) is 5.31. The number of fused-ring (bicyclic) bond motifs is 2. The largest absolute Gasteiger partial charge is 0.467 e. The van der Waals surface area contributed by atoms with Crippen LogP contribution in [0.25, 0.3) is 17.2 Å². The fraction of sp³-hybridized carbons (Fsp3) is 0.148. The Labute approximate surface area is 217 Å². The Morgan fingerprint density at radius 3 is 2.59 bits per heavy atom. The molecule has 1 amide bonds. The molecule has 2 atom stereocenters. The van der Waals surface area contributed by atoms with Gasteiger partial charge in [0.05, 0.1) is 5.56 Å². The van der Waals surface area contributed by atoms with E-state index in [0.29, 0.717) is 33.6 Å². The third-order valence-corrected chi connectivity index (χ3v) is 6.93. The summed E-state index contributed by atoms with van der Waals surface area (Å²) < 4.78 is 8.00. The van der Waals surface area contributed by atoms with Gasteiger partial charge in [0.15, 0.2) is 5.82 Å². The molecule has 0 radical (unpaired) electrons. The zero-order valence-electron chi connectivity index (χ0n) is 20.0. The third-order valence-electron chi connectivity index (χ3n) is 6.67. The molecule has 2 unspecified atom stereocenters. The first-order valence-corrected chi connectivity index (χ1v) is 12.0. The van der Waals surface area contributed by atoms with Crippen molar-refractivity contribution in [2.24, 2.45) is 0 Å². The summed E-state index contributed by atoms with van der Waals surface area (Å²) in [6.07, 6.45) is 4.93. The molecule has 0 bridgehead atoms. The van der Waals surface area contributed by atoms with Crippen molar-refractivity contribution in [1.82, 2.24) is 24.3 Å². The topological polar surface area (TPSA) is 120 Å². The summed E-state index contributed by atoms with van der Waals surface area (Å²) in [7, 11) is 0. The minimum Gasteiger partial charge on any atom is -0.467 e. The molecular weight excluding hydrogens is 490 g/mol. The van der Waals surface area contributed by atoms with E-state index < -0.39 is 5.41 Å². The number of rotatable bonds is 5. The van der Waals surface area contributed by atoms with Crippen molar-refractivity contribution in [3.63, 3.8) is 0 Å². The number of imidazole rings is 1. The third kappa shape index (κ3) is 3.75. The summed E-state index contributed by atoms with van der Waals surface area (Å²) in [5.41, 5.74) is 8.62. The van der Waals surface area contributed by atoms with Gasteiger partial charge in [0.2, 0.25) is 11.6 Å². The normalized spacial score (nSPS) is 17.4. The first kappa shape index (κ1) is 22.9. The summed E-state index contributed by atoms with van der Waals surface area (Å²) in [5.74, 6) is 0.865. The lowest BCUT2D eigenvalue weighted by atomic mass is 9.78. The van der Waals surface area contributed by atoms with Crippen LogP contribution in [0, 0.1) is 0 Å². The average Bonchev–Trinajstić information content (AvgIpc) is 3.48. The molecule has 0 aliphatic carbocycles. The average molecular weight is 512 g/mol. The summed E-state index contributed by atoms with van der Waals surface area (Å²) in [6.45, 7) is 3.74. The minimum atomic E-state index is -1.07. The van der Waals surface area contributed by atoms with Gasteiger partial charge in [-0.2, -0.15) is 0 Å². The highest BCUT2D eigenvalue weighted by atomic mass is 35.5. The second kappa shape index (κ2) is 8.56. The molecule has 6 rings (SSSR count). The maximum atomic E-state index is 13.2. The Hall–Kier alpha value is -4.50. The number of benzene rings is 2. The number of hydrogen-bond acceptors (Lipinski definition) is 7. The molecule has 0 fully saturated rings. The van der Waals surface area contributed by atoms with Crippen molar-refractivity contribution in [2.45, 2.75) is 25.4 Å². The van der Waals surface area contributed by atoms with Crippen LogP contribution in [-0.4, -0.2) is 30.2 Å². The zero-order valence-corrected chi connectivity index (χ0v) is 20.8. The number of nitrogen functional groups attached to an aromatic ring is 1. The van der Waals surface area contributed by atoms with E-state index >= 15 is 0 Å². The maximum absolute atomic E-state index is 13.2. The van der Waals surface area contributed by atoms with E-state index in [9.17, 15) is 4.79 Å².